The number of sulfonamides is 1. The number of hydrogen-bond acceptors (Lipinski definition) is 5. The van der Waals surface area contributed by atoms with Crippen molar-refractivity contribution < 1.29 is 13.2 Å². The van der Waals surface area contributed by atoms with Gasteiger partial charge in [-0.25, -0.2) is 8.42 Å². The average molecular weight is 449 g/mol. The molecule has 2 aromatic carbocycles. The Morgan fingerprint density at radius 1 is 1.10 bits per heavy atom. The van der Waals surface area contributed by atoms with E-state index in [1.807, 2.05) is 19.0 Å². The molecule has 0 saturated carbocycles. The maximum Gasteiger partial charge on any atom is 0.261 e. The van der Waals surface area contributed by atoms with Crippen LogP contribution in [-0.4, -0.2) is 57.9 Å². The molecule has 1 N–H and O–H groups in total. The lowest BCUT2D eigenvalue weighted by Gasteiger charge is -2.23. The number of anilines is 1. The lowest BCUT2D eigenvalue weighted by Crippen LogP contribution is -2.34. The van der Waals surface area contributed by atoms with Gasteiger partial charge in [-0.15, -0.1) is 0 Å². The molecule has 160 valence electrons. The first-order valence-electron chi connectivity index (χ1n) is 9.42. The van der Waals surface area contributed by atoms with Gasteiger partial charge >= 0.3 is 0 Å². The highest BCUT2D eigenvalue weighted by molar-refractivity contribution is 7.92. The summed E-state index contributed by atoms with van der Waals surface area (Å²) in [5, 5.41) is 9.39. The fourth-order valence-corrected chi connectivity index (χ4v) is 4.02. The quantitative estimate of drug-likeness (QED) is 0.600. The van der Waals surface area contributed by atoms with E-state index in [1.165, 1.54) is 18.2 Å². The van der Waals surface area contributed by atoms with E-state index in [2.05, 4.69) is 10.8 Å². The summed E-state index contributed by atoms with van der Waals surface area (Å²) >= 11 is 5.83. The van der Waals surface area contributed by atoms with Crippen LogP contribution in [0, 0.1) is 11.3 Å². The minimum absolute atomic E-state index is 0.0168. The highest BCUT2D eigenvalue weighted by Crippen LogP contribution is 2.20. The van der Waals surface area contributed by atoms with Gasteiger partial charge in [0.25, 0.3) is 15.9 Å². The molecule has 0 aliphatic rings. The zero-order valence-corrected chi connectivity index (χ0v) is 18.6. The second kappa shape index (κ2) is 11.0. The number of rotatable bonds is 10. The van der Waals surface area contributed by atoms with Gasteiger partial charge in [-0.1, -0.05) is 17.7 Å². The third-order valence-corrected chi connectivity index (χ3v) is 5.93. The molecular formula is C21H25ClN4O3S. The average Bonchev–Trinajstić information content (AvgIpc) is 2.71. The first-order valence-corrected chi connectivity index (χ1v) is 11.3. The lowest BCUT2D eigenvalue weighted by atomic mass is 10.2. The highest BCUT2D eigenvalue weighted by Gasteiger charge is 2.20. The number of halogens is 1. The Balaban J connectivity index is 2.20. The van der Waals surface area contributed by atoms with Gasteiger partial charge in [0.1, 0.15) is 0 Å². The topological polar surface area (TPSA) is 93.5 Å². The van der Waals surface area contributed by atoms with E-state index >= 15 is 0 Å². The number of amides is 1. The van der Waals surface area contributed by atoms with Crippen LogP contribution in [0.1, 0.15) is 23.2 Å². The second-order valence-electron chi connectivity index (χ2n) is 7.00. The molecule has 2 aromatic rings. The standard InChI is InChI=1S/C21H25ClN4O3S/c1-25(2)13-5-15-26(14-4-12-23)21(27)17-6-3-7-20(16-17)30(28,29)24-19-10-8-18(22)9-11-19/h3,6-11,16,24H,4-5,13-15H2,1-2H3. The molecule has 0 aromatic heterocycles. The molecule has 0 fully saturated rings. The third kappa shape index (κ3) is 7.02. The Bertz CT molecular complexity index is 1000. The minimum Gasteiger partial charge on any atom is -0.338 e. The van der Waals surface area contributed by atoms with Crippen molar-refractivity contribution >= 4 is 33.2 Å². The van der Waals surface area contributed by atoms with Crippen LogP contribution in [-0.2, 0) is 10.0 Å². The third-order valence-electron chi connectivity index (χ3n) is 4.30. The van der Waals surface area contributed by atoms with E-state index in [9.17, 15) is 13.2 Å². The van der Waals surface area contributed by atoms with Crippen LogP contribution >= 0.6 is 11.6 Å². The van der Waals surface area contributed by atoms with E-state index < -0.39 is 10.0 Å². The van der Waals surface area contributed by atoms with E-state index in [0.717, 1.165) is 13.0 Å². The molecule has 0 bridgehead atoms. The number of carbonyl (C=O) groups excluding carboxylic acids is 1. The predicted octanol–water partition coefficient (Wildman–Crippen LogP) is 3.45. The van der Waals surface area contributed by atoms with Gasteiger partial charge in [0.2, 0.25) is 0 Å². The molecule has 0 atom stereocenters. The van der Waals surface area contributed by atoms with Gasteiger partial charge in [-0.2, -0.15) is 5.26 Å². The SMILES string of the molecule is CN(C)CCCN(CCC#N)C(=O)c1cccc(S(=O)(=O)Nc2ccc(Cl)cc2)c1. The molecule has 7 nitrogen and oxygen atoms in total. The number of carbonyl (C=O) groups is 1. The molecular weight excluding hydrogens is 424 g/mol. The van der Waals surface area contributed by atoms with Crippen molar-refractivity contribution in [1.82, 2.24) is 9.80 Å². The van der Waals surface area contributed by atoms with Gasteiger partial charge in [-0.05, 0) is 69.5 Å². The summed E-state index contributed by atoms with van der Waals surface area (Å²) in [6.07, 6.45) is 0.962. The molecule has 0 aliphatic heterocycles. The smallest absolute Gasteiger partial charge is 0.261 e. The molecule has 2 rings (SSSR count). The van der Waals surface area contributed by atoms with Crippen LogP contribution in [0.15, 0.2) is 53.4 Å². The molecule has 0 heterocycles. The molecule has 0 spiro atoms. The van der Waals surface area contributed by atoms with E-state index in [0.29, 0.717) is 23.8 Å². The van der Waals surface area contributed by atoms with Crippen molar-refractivity contribution in [3.8, 4) is 6.07 Å². The predicted molar refractivity (Wildman–Crippen MR) is 118 cm³/mol. The van der Waals surface area contributed by atoms with Crippen LogP contribution in [0.5, 0.6) is 0 Å². The van der Waals surface area contributed by atoms with Crippen molar-refractivity contribution in [2.45, 2.75) is 17.7 Å². The molecule has 0 aliphatic carbocycles. The second-order valence-corrected chi connectivity index (χ2v) is 9.12. The Hall–Kier alpha value is -2.60. The van der Waals surface area contributed by atoms with Crippen molar-refractivity contribution in [2.24, 2.45) is 0 Å². The van der Waals surface area contributed by atoms with E-state index in [1.54, 1.807) is 35.2 Å². The Morgan fingerprint density at radius 2 is 1.80 bits per heavy atom. The Kier molecular flexibility index (Phi) is 8.66. The van der Waals surface area contributed by atoms with Crippen molar-refractivity contribution in [2.75, 3.05) is 38.5 Å². The van der Waals surface area contributed by atoms with Gasteiger partial charge in [0.05, 0.1) is 17.4 Å². The van der Waals surface area contributed by atoms with Gasteiger partial charge < -0.3 is 9.80 Å². The maximum absolute atomic E-state index is 13.0. The lowest BCUT2D eigenvalue weighted by molar-refractivity contribution is 0.0753. The summed E-state index contributed by atoms with van der Waals surface area (Å²) in [6, 6.07) is 14.2. The monoisotopic (exact) mass is 448 g/mol. The Morgan fingerprint density at radius 3 is 2.43 bits per heavy atom. The van der Waals surface area contributed by atoms with E-state index in [-0.39, 0.29) is 22.8 Å². The zero-order valence-electron chi connectivity index (χ0n) is 17.0. The minimum atomic E-state index is -3.88. The van der Waals surface area contributed by atoms with Crippen LogP contribution in [0.4, 0.5) is 5.69 Å². The van der Waals surface area contributed by atoms with Crippen LogP contribution in [0.3, 0.4) is 0 Å². The number of benzene rings is 2. The molecule has 0 unspecified atom stereocenters. The Labute approximate surface area is 182 Å². The number of nitrogens with one attached hydrogen (secondary N) is 1. The summed E-state index contributed by atoms with van der Waals surface area (Å²) in [6.45, 7) is 1.58. The summed E-state index contributed by atoms with van der Waals surface area (Å²) < 4.78 is 27.9. The summed E-state index contributed by atoms with van der Waals surface area (Å²) in [4.78, 5) is 16.6. The van der Waals surface area contributed by atoms with Gasteiger partial charge in [0, 0.05) is 29.4 Å². The number of hydrogen-bond donors (Lipinski definition) is 1. The molecule has 1 amide bonds. The van der Waals surface area contributed by atoms with E-state index in [4.69, 9.17) is 16.9 Å². The van der Waals surface area contributed by atoms with Crippen LogP contribution < -0.4 is 4.72 Å². The molecule has 30 heavy (non-hydrogen) atoms. The first-order chi connectivity index (χ1) is 14.2. The first kappa shape index (κ1) is 23.7. The summed E-state index contributed by atoms with van der Waals surface area (Å²) in [5.41, 5.74) is 0.632. The summed E-state index contributed by atoms with van der Waals surface area (Å²) in [7, 11) is 0.0199. The fraction of sp³-hybridized carbons (Fsp3) is 0.333. The molecule has 9 heteroatoms. The number of nitrogens with zero attached hydrogens (tertiary/aromatic N) is 3. The van der Waals surface area contributed by atoms with Crippen molar-refractivity contribution in [3.63, 3.8) is 0 Å². The zero-order chi connectivity index (χ0) is 22.1. The van der Waals surface area contributed by atoms with Crippen LogP contribution in [0.2, 0.25) is 5.02 Å². The molecule has 0 saturated heterocycles. The fourth-order valence-electron chi connectivity index (χ4n) is 2.79. The maximum atomic E-state index is 13.0. The van der Waals surface area contributed by atoms with Gasteiger partial charge in [0.15, 0.2) is 0 Å². The highest BCUT2D eigenvalue weighted by atomic mass is 35.5. The normalized spacial score (nSPS) is 11.2. The molecule has 0 radical (unpaired) electrons. The van der Waals surface area contributed by atoms with Crippen LogP contribution in [0.25, 0.3) is 0 Å². The summed E-state index contributed by atoms with van der Waals surface area (Å²) in [5.74, 6) is -0.299. The van der Waals surface area contributed by atoms with Crippen molar-refractivity contribution in [1.29, 1.82) is 5.26 Å². The largest absolute Gasteiger partial charge is 0.338 e. The van der Waals surface area contributed by atoms with Crippen molar-refractivity contribution in [3.05, 3.63) is 59.1 Å². The number of nitriles is 1. The van der Waals surface area contributed by atoms with Gasteiger partial charge in [-0.3, -0.25) is 9.52 Å².